The number of fused-ring (bicyclic) bond motifs is 1. The van der Waals surface area contributed by atoms with Gasteiger partial charge in [0.25, 0.3) is 0 Å². The number of likely N-dealkylation sites (tertiary alicyclic amines) is 1. The number of aromatic nitrogens is 4. The number of hydrogen-bond acceptors (Lipinski definition) is 7. The minimum atomic E-state index is -1.24. The number of ether oxygens (including phenoxy) is 2. The van der Waals surface area contributed by atoms with Crippen molar-refractivity contribution in [1.82, 2.24) is 19.2 Å². The molecule has 2 aliphatic heterocycles. The van der Waals surface area contributed by atoms with E-state index in [0.29, 0.717) is 6.54 Å². The van der Waals surface area contributed by atoms with E-state index >= 15 is 0 Å². The molecule has 0 amide bonds. The minimum absolute atomic E-state index is 0.0310. The molecule has 0 aliphatic carbocycles. The van der Waals surface area contributed by atoms with Crippen LogP contribution < -0.4 is 4.57 Å². The van der Waals surface area contributed by atoms with Gasteiger partial charge in [-0.05, 0) is 50.5 Å². The minimum Gasteiger partial charge on any atom is -0.389 e. The second-order valence-electron chi connectivity index (χ2n) is 11.4. The Balaban J connectivity index is 1.04. The van der Waals surface area contributed by atoms with Gasteiger partial charge < -0.3 is 29.7 Å². The van der Waals surface area contributed by atoms with Gasteiger partial charge in [0, 0.05) is 37.0 Å². The third kappa shape index (κ3) is 5.88. The fourth-order valence-corrected chi connectivity index (χ4v) is 6.26. The molecule has 10 nitrogen and oxygen atoms in total. The molecule has 2 aliphatic rings. The van der Waals surface area contributed by atoms with Crippen LogP contribution in [0.3, 0.4) is 0 Å². The van der Waals surface area contributed by atoms with E-state index in [2.05, 4.69) is 63.3 Å². The number of β-amino-alcohol motifs (C(OH)–C–C–N with tert-alkyl or cyclic N) is 1. The van der Waals surface area contributed by atoms with Crippen LogP contribution in [0.25, 0.3) is 22.2 Å². The largest absolute Gasteiger partial charge is 0.389 e. The highest BCUT2D eigenvalue weighted by Gasteiger charge is 2.40. The first-order valence-electron chi connectivity index (χ1n) is 15.1. The number of hydrogen-bond donors (Lipinski definition) is 3. The zero-order valence-corrected chi connectivity index (χ0v) is 24.4. The van der Waals surface area contributed by atoms with Crippen molar-refractivity contribution in [3.05, 3.63) is 72.8 Å². The summed E-state index contributed by atoms with van der Waals surface area (Å²) < 4.78 is 18.1. The zero-order chi connectivity index (χ0) is 29.2. The molecule has 6 rings (SSSR count). The lowest BCUT2D eigenvalue weighted by molar-refractivity contribution is -0.668. The first-order chi connectivity index (χ1) is 20.4. The Labute approximate surface area is 246 Å². The van der Waals surface area contributed by atoms with Crippen LogP contribution >= 0.6 is 0 Å². The van der Waals surface area contributed by atoms with Gasteiger partial charge in [0.1, 0.15) is 18.3 Å². The maximum Gasteiger partial charge on any atom is 0.244 e. The third-order valence-electron chi connectivity index (χ3n) is 8.75. The first-order valence-corrected chi connectivity index (χ1v) is 15.1. The van der Waals surface area contributed by atoms with Gasteiger partial charge in [-0.2, -0.15) is 5.10 Å². The van der Waals surface area contributed by atoms with E-state index in [9.17, 15) is 15.3 Å². The molecule has 2 fully saturated rings. The van der Waals surface area contributed by atoms with Gasteiger partial charge in [0.15, 0.2) is 17.3 Å². The van der Waals surface area contributed by atoms with Gasteiger partial charge >= 0.3 is 0 Å². The fraction of sp³-hybridized carbons (Fsp3) is 0.500. The summed E-state index contributed by atoms with van der Waals surface area (Å²) in [6.07, 6.45) is 3.11. The van der Waals surface area contributed by atoms with E-state index in [1.807, 2.05) is 36.5 Å². The SMILES string of the molecule is CCn1c[n+](CC)c2ccc(-c3cnn(C4CCN(C[C@H](O)[C@@H](O)[C@@H]5OC(c6ccccc6)OC[C@H]5O)CC4)c3)cc21. The number of benzene rings is 2. The molecule has 4 aromatic rings. The van der Waals surface area contributed by atoms with Crippen molar-refractivity contribution < 1.29 is 29.4 Å². The van der Waals surface area contributed by atoms with Gasteiger partial charge in [0.2, 0.25) is 6.33 Å². The molecular formula is C32H42N5O5+. The van der Waals surface area contributed by atoms with E-state index in [-0.39, 0.29) is 12.6 Å². The van der Waals surface area contributed by atoms with Crippen LogP contribution in [0.15, 0.2) is 67.3 Å². The van der Waals surface area contributed by atoms with Crippen LogP contribution in [0.4, 0.5) is 0 Å². The average Bonchev–Trinajstić information content (AvgIpc) is 3.66. The smallest absolute Gasteiger partial charge is 0.244 e. The predicted octanol–water partition coefficient (Wildman–Crippen LogP) is 2.67. The highest BCUT2D eigenvalue weighted by Crippen LogP contribution is 2.30. The van der Waals surface area contributed by atoms with Gasteiger partial charge in [0.05, 0.1) is 38.0 Å². The number of rotatable bonds is 9. The van der Waals surface area contributed by atoms with Crippen molar-refractivity contribution >= 4 is 11.0 Å². The van der Waals surface area contributed by atoms with E-state index in [1.54, 1.807) is 0 Å². The van der Waals surface area contributed by atoms with E-state index < -0.39 is 30.7 Å². The number of aryl methyl sites for hydroxylation is 2. The molecular weight excluding hydrogens is 534 g/mol. The summed E-state index contributed by atoms with van der Waals surface area (Å²) in [5.74, 6) is 0. The monoisotopic (exact) mass is 576 g/mol. The maximum absolute atomic E-state index is 10.9. The second kappa shape index (κ2) is 12.6. The molecule has 10 heteroatoms. The lowest BCUT2D eigenvalue weighted by atomic mass is 9.99. The van der Waals surface area contributed by atoms with Crippen LogP contribution in [0.5, 0.6) is 0 Å². The summed E-state index contributed by atoms with van der Waals surface area (Å²) in [5.41, 5.74) is 5.54. The Kier molecular flexibility index (Phi) is 8.71. The van der Waals surface area contributed by atoms with E-state index in [4.69, 9.17) is 14.6 Å². The lowest BCUT2D eigenvalue weighted by Gasteiger charge is -2.39. The molecule has 4 heterocycles. The average molecular weight is 577 g/mol. The molecule has 0 saturated carbocycles. The predicted molar refractivity (Wildman–Crippen MR) is 157 cm³/mol. The Bertz CT molecular complexity index is 1460. The van der Waals surface area contributed by atoms with Crippen molar-refractivity contribution in [2.45, 2.75) is 76.5 Å². The molecule has 1 unspecified atom stereocenters. The maximum atomic E-state index is 10.9. The van der Waals surface area contributed by atoms with Crippen LogP contribution in [-0.2, 0) is 22.6 Å². The van der Waals surface area contributed by atoms with Crippen molar-refractivity contribution in [2.24, 2.45) is 0 Å². The van der Waals surface area contributed by atoms with Crippen LogP contribution in [0.2, 0.25) is 0 Å². The van der Waals surface area contributed by atoms with Crippen LogP contribution in [-0.4, -0.2) is 85.2 Å². The van der Waals surface area contributed by atoms with Crippen molar-refractivity contribution in [3.63, 3.8) is 0 Å². The fourth-order valence-electron chi connectivity index (χ4n) is 6.26. The third-order valence-corrected chi connectivity index (χ3v) is 8.75. The number of piperidine rings is 1. The molecule has 2 saturated heterocycles. The Hall–Kier alpha value is -3.12. The van der Waals surface area contributed by atoms with Gasteiger partial charge in [-0.25, -0.2) is 9.13 Å². The highest BCUT2D eigenvalue weighted by atomic mass is 16.7. The summed E-state index contributed by atoms with van der Waals surface area (Å²) in [6, 6.07) is 16.3. The van der Waals surface area contributed by atoms with Gasteiger partial charge in [-0.15, -0.1) is 0 Å². The van der Waals surface area contributed by atoms with Crippen molar-refractivity contribution in [2.75, 3.05) is 26.2 Å². The van der Waals surface area contributed by atoms with Crippen molar-refractivity contribution in [3.8, 4) is 11.1 Å². The normalized spacial score (nSPS) is 23.8. The second-order valence-corrected chi connectivity index (χ2v) is 11.4. The van der Waals surface area contributed by atoms with E-state index in [1.165, 1.54) is 11.0 Å². The Morgan fingerprint density at radius 3 is 2.57 bits per heavy atom. The number of aliphatic hydroxyl groups excluding tert-OH is 3. The summed E-state index contributed by atoms with van der Waals surface area (Å²) >= 11 is 0. The summed E-state index contributed by atoms with van der Waals surface area (Å²) in [7, 11) is 0. The van der Waals surface area contributed by atoms with Gasteiger partial charge in [-0.3, -0.25) is 4.68 Å². The first kappa shape index (κ1) is 29.0. The molecule has 0 bridgehead atoms. The zero-order valence-electron chi connectivity index (χ0n) is 24.4. The lowest BCUT2D eigenvalue weighted by Crippen LogP contribution is -2.54. The molecule has 0 spiro atoms. The number of nitrogens with zero attached hydrogens (tertiary/aromatic N) is 5. The van der Waals surface area contributed by atoms with E-state index in [0.717, 1.165) is 55.7 Å². The van der Waals surface area contributed by atoms with Gasteiger partial charge in [-0.1, -0.05) is 30.3 Å². The molecule has 42 heavy (non-hydrogen) atoms. The Morgan fingerprint density at radius 2 is 1.83 bits per heavy atom. The van der Waals surface area contributed by atoms with Crippen LogP contribution in [0.1, 0.15) is 44.6 Å². The number of aliphatic hydroxyl groups is 3. The molecule has 5 atom stereocenters. The molecule has 0 radical (unpaired) electrons. The molecule has 2 aromatic heterocycles. The molecule has 2 aromatic carbocycles. The molecule has 224 valence electrons. The summed E-state index contributed by atoms with van der Waals surface area (Å²) in [6.45, 7) is 8.08. The quantitative estimate of drug-likeness (QED) is 0.263. The topological polar surface area (TPSA) is 109 Å². The summed E-state index contributed by atoms with van der Waals surface area (Å²) in [5, 5.41) is 37.0. The van der Waals surface area contributed by atoms with Crippen molar-refractivity contribution in [1.29, 1.82) is 0 Å². The Morgan fingerprint density at radius 1 is 1.05 bits per heavy atom. The number of imidazole rings is 1. The molecule has 3 N–H and O–H groups in total. The standard InChI is InChI=1S/C32H42N5O5/c1-3-35-21-36(4-2)27-16-23(10-11-26(27)35)24-17-33-37(18-24)25-12-14-34(15-13-25)19-28(38)30(40)31-29(39)20-41-32(42-31)22-8-6-5-7-9-22/h5-11,16-18,21,25,28-32,38-40H,3-4,12-15,19-20H2,1-2H3/q+1/t28-,29+,30+,31+,32?/m0/s1. The summed E-state index contributed by atoms with van der Waals surface area (Å²) in [4.78, 5) is 2.16. The van der Waals surface area contributed by atoms with Crippen LogP contribution in [0, 0.1) is 0 Å². The highest BCUT2D eigenvalue weighted by molar-refractivity contribution is 5.79.